The van der Waals surface area contributed by atoms with Crippen LogP contribution in [0.2, 0.25) is 0 Å². The van der Waals surface area contributed by atoms with E-state index in [1.165, 1.54) is 11.5 Å². The van der Waals surface area contributed by atoms with E-state index < -0.39 is 0 Å². The third kappa shape index (κ3) is 2.76. The molecule has 0 saturated heterocycles. The molecule has 0 aliphatic carbocycles. The predicted molar refractivity (Wildman–Crippen MR) is 79.7 cm³/mol. The number of aromatic nitrogens is 2. The number of benzene rings is 1. The van der Waals surface area contributed by atoms with Gasteiger partial charge in [0.1, 0.15) is 11.5 Å². The summed E-state index contributed by atoms with van der Waals surface area (Å²) < 4.78 is 14.8. The molecular formula is C14H19N3O2S. The highest BCUT2D eigenvalue weighted by Gasteiger charge is 2.22. The lowest BCUT2D eigenvalue weighted by Gasteiger charge is -2.19. The Bertz CT molecular complexity index is 571. The number of ether oxygens (including phenoxy) is 2. The molecule has 20 heavy (non-hydrogen) atoms. The van der Waals surface area contributed by atoms with Crippen molar-refractivity contribution < 1.29 is 9.47 Å². The number of nitrogens with one attached hydrogen (secondary N) is 1. The van der Waals surface area contributed by atoms with E-state index in [9.17, 15) is 0 Å². The molecule has 0 aliphatic heterocycles. The minimum absolute atomic E-state index is 0.0193. The molecule has 0 bridgehead atoms. The fraction of sp³-hybridized carbons (Fsp3) is 0.429. The van der Waals surface area contributed by atoms with Gasteiger partial charge in [-0.05, 0) is 37.1 Å². The number of hydrogen-bond donors (Lipinski definition) is 1. The summed E-state index contributed by atoms with van der Waals surface area (Å²) in [7, 11) is 5.23. The standard InChI is InChI=1S/C14H19N3O2S/c1-5-11-14(20-17-16-11)13(15-2)10-7-6-9(18-3)8-12(10)19-4/h6-8,13,15H,5H2,1-4H3. The van der Waals surface area contributed by atoms with Crippen molar-refractivity contribution in [2.24, 2.45) is 0 Å². The molecule has 1 heterocycles. The van der Waals surface area contributed by atoms with Gasteiger partial charge in [-0.3, -0.25) is 0 Å². The van der Waals surface area contributed by atoms with E-state index in [-0.39, 0.29) is 6.04 Å². The molecule has 1 N–H and O–H groups in total. The lowest BCUT2D eigenvalue weighted by atomic mass is 10.0. The zero-order chi connectivity index (χ0) is 14.5. The van der Waals surface area contributed by atoms with Crippen LogP contribution in [0.3, 0.4) is 0 Å². The molecule has 0 saturated carbocycles. The van der Waals surface area contributed by atoms with Gasteiger partial charge >= 0.3 is 0 Å². The Hall–Kier alpha value is -1.66. The fourth-order valence-electron chi connectivity index (χ4n) is 2.16. The first-order valence-corrected chi connectivity index (χ1v) is 7.22. The Balaban J connectivity index is 2.46. The smallest absolute Gasteiger partial charge is 0.127 e. The summed E-state index contributed by atoms with van der Waals surface area (Å²) in [6, 6.07) is 5.85. The Morgan fingerprint density at radius 3 is 2.70 bits per heavy atom. The van der Waals surface area contributed by atoms with Crippen molar-refractivity contribution in [3.63, 3.8) is 0 Å². The van der Waals surface area contributed by atoms with Crippen LogP contribution in [0.4, 0.5) is 0 Å². The Morgan fingerprint density at radius 2 is 2.10 bits per heavy atom. The summed E-state index contributed by atoms with van der Waals surface area (Å²) in [4.78, 5) is 1.12. The number of aryl methyl sites for hydroxylation is 1. The van der Waals surface area contributed by atoms with Crippen LogP contribution >= 0.6 is 11.5 Å². The van der Waals surface area contributed by atoms with Gasteiger partial charge in [0, 0.05) is 11.6 Å². The molecule has 1 unspecified atom stereocenters. The third-order valence-electron chi connectivity index (χ3n) is 3.22. The molecule has 2 rings (SSSR count). The quantitative estimate of drug-likeness (QED) is 0.886. The number of methoxy groups -OCH3 is 2. The van der Waals surface area contributed by atoms with Crippen molar-refractivity contribution in [1.29, 1.82) is 0 Å². The molecule has 5 nitrogen and oxygen atoms in total. The van der Waals surface area contributed by atoms with Crippen molar-refractivity contribution >= 4 is 11.5 Å². The maximum atomic E-state index is 5.49. The van der Waals surface area contributed by atoms with Gasteiger partial charge in [0.15, 0.2) is 0 Å². The van der Waals surface area contributed by atoms with E-state index in [4.69, 9.17) is 9.47 Å². The first-order chi connectivity index (χ1) is 9.74. The molecule has 1 aromatic heterocycles. The van der Waals surface area contributed by atoms with E-state index in [1.54, 1.807) is 14.2 Å². The van der Waals surface area contributed by atoms with Crippen molar-refractivity contribution in [2.75, 3.05) is 21.3 Å². The van der Waals surface area contributed by atoms with Crippen LogP contribution < -0.4 is 14.8 Å². The Labute approximate surface area is 123 Å². The van der Waals surface area contributed by atoms with Crippen LogP contribution in [0.1, 0.15) is 29.1 Å². The van der Waals surface area contributed by atoms with Gasteiger partial charge in [0.2, 0.25) is 0 Å². The second kappa shape index (κ2) is 6.67. The lowest BCUT2D eigenvalue weighted by Crippen LogP contribution is -2.18. The molecule has 0 spiro atoms. The molecule has 2 aromatic rings. The van der Waals surface area contributed by atoms with Crippen molar-refractivity contribution in [2.45, 2.75) is 19.4 Å². The summed E-state index contributed by atoms with van der Waals surface area (Å²) in [5.74, 6) is 1.57. The molecule has 0 fully saturated rings. The van der Waals surface area contributed by atoms with E-state index in [1.807, 2.05) is 25.2 Å². The molecule has 1 atom stereocenters. The van der Waals surface area contributed by atoms with Gasteiger partial charge in [-0.1, -0.05) is 11.4 Å². The summed E-state index contributed by atoms with van der Waals surface area (Å²) in [6.07, 6.45) is 0.864. The number of nitrogens with zero attached hydrogens (tertiary/aromatic N) is 2. The largest absolute Gasteiger partial charge is 0.497 e. The van der Waals surface area contributed by atoms with Crippen LogP contribution in [0, 0.1) is 0 Å². The maximum absolute atomic E-state index is 5.49. The highest BCUT2D eigenvalue weighted by molar-refractivity contribution is 7.05. The monoisotopic (exact) mass is 293 g/mol. The topological polar surface area (TPSA) is 56.3 Å². The zero-order valence-electron chi connectivity index (χ0n) is 12.1. The van der Waals surface area contributed by atoms with Gasteiger partial charge in [0.25, 0.3) is 0 Å². The summed E-state index contributed by atoms with van der Waals surface area (Å²) in [5.41, 5.74) is 2.07. The van der Waals surface area contributed by atoms with Crippen LogP contribution in [-0.2, 0) is 6.42 Å². The highest BCUT2D eigenvalue weighted by Crippen LogP contribution is 2.35. The van der Waals surface area contributed by atoms with Gasteiger partial charge in [-0.2, -0.15) is 0 Å². The van der Waals surface area contributed by atoms with Gasteiger partial charge in [0.05, 0.1) is 30.8 Å². The SMILES string of the molecule is CCc1nnsc1C(NC)c1ccc(OC)cc1OC. The average molecular weight is 293 g/mol. The summed E-state index contributed by atoms with van der Waals surface area (Å²) >= 11 is 1.42. The highest BCUT2D eigenvalue weighted by atomic mass is 32.1. The number of hydrogen-bond acceptors (Lipinski definition) is 6. The normalized spacial score (nSPS) is 12.2. The molecule has 0 aliphatic rings. The van der Waals surface area contributed by atoms with Crippen molar-refractivity contribution in [3.8, 4) is 11.5 Å². The molecular weight excluding hydrogens is 274 g/mol. The van der Waals surface area contributed by atoms with E-state index in [2.05, 4.69) is 21.8 Å². The van der Waals surface area contributed by atoms with E-state index in [0.29, 0.717) is 0 Å². The van der Waals surface area contributed by atoms with Gasteiger partial charge < -0.3 is 14.8 Å². The Morgan fingerprint density at radius 1 is 1.30 bits per heavy atom. The molecule has 6 heteroatoms. The third-order valence-corrected chi connectivity index (χ3v) is 4.05. The predicted octanol–water partition coefficient (Wildman–Crippen LogP) is 2.43. The average Bonchev–Trinajstić information content (AvgIpc) is 2.96. The second-order valence-corrected chi connectivity index (χ2v) is 5.05. The van der Waals surface area contributed by atoms with Crippen LogP contribution in [0.25, 0.3) is 0 Å². The summed E-state index contributed by atoms with van der Waals surface area (Å²) in [6.45, 7) is 2.08. The first kappa shape index (κ1) is 14.7. The molecule has 0 amide bonds. The zero-order valence-corrected chi connectivity index (χ0v) is 13.0. The van der Waals surface area contributed by atoms with E-state index in [0.717, 1.165) is 34.1 Å². The first-order valence-electron chi connectivity index (χ1n) is 6.45. The van der Waals surface area contributed by atoms with Crippen LogP contribution in [-0.4, -0.2) is 30.9 Å². The van der Waals surface area contributed by atoms with Gasteiger partial charge in [-0.15, -0.1) is 5.10 Å². The number of rotatable bonds is 6. The van der Waals surface area contributed by atoms with Crippen LogP contribution in [0.15, 0.2) is 18.2 Å². The minimum atomic E-state index is 0.0193. The fourth-order valence-corrected chi connectivity index (χ4v) is 3.03. The molecule has 108 valence electrons. The summed E-state index contributed by atoms with van der Waals surface area (Å²) in [5, 5.41) is 7.50. The van der Waals surface area contributed by atoms with Crippen molar-refractivity contribution in [1.82, 2.24) is 14.9 Å². The molecule has 1 aromatic carbocycles. The van der Waals surface area contributed by atoms with E-state index >= 15 is 0 Å². The Kier molecular flexibility index (Phi) is 4.92. The second-order valence-electron chi connectivity index (χ2n) is 4.27. The lowest BCUT2D eigenvalue weighted by molar-refractivity contribution is 0.388. The molecule has 0 radical (unpaired) electrons. The van der Waals surface area contributed by atoms with Gasteiger partial charge in [-0.25, -0.2) is 0 Å². The van der Waals surface area contributed by atoms with Crippen LogP contribution in [0.5, 0.6) is 11.5 Å². The minimum Gasteiger partial charge on any atom is -0.497 e. The maximum Gasteiger partial charge on any atom is 0.127 e. The van der Waals surface area contributed by atoms with Crippen molar-refractivity contribution in [3.05, 3.63) is 34.3 Å².